The molecule has 0 aliphatic carbocycles. The molecule has 12 N–H and O–H groups in total. The maximum atomic E-state index is 13.4. The van der Waals surface area contributed by atoms with E-state index in [1.165, 1.54) is 57.8 Å². The Morgan fingerprint density at radius 3 is 1.29 bits per heavy atom. The van der Waals surface area contributed by atoms with Gasteiger partial charge in [-0.25, -0.2) is 0 Å². The Balaban J connectivity index is 1.50. The van der Waals surface area contributed by atoms with Gasteiger partial charge in [0, 0.05) is 6.42 Å². The number of nitrogens with one attached hydrogen (secondary N) is 1. The summed E-state index contributed by atoms with van der Waals surface area (Å²) in [5.41, 5.74) is 0. The van der Waals surface area contributed by atoms with Crippen LogP contribution in [0.1, 0.15) is 181 Å². The number of allylic oxidation sites excluding steroid dienone is 17. The lowest BCUT2D eigenvalue weighted by molar-refractivity contribution is -0.379. The molecule has 3 rings (SSSR count). The van der Waals surface area contributed by atoms with Gasteiger partial charge in [-0.05, 0) is 96.3 Å². The number of ether oxygens (including phenoxy) is 6. The number of amides is 1. The molecule has 87 heavy (non-hydrogen) atoms. The molecule has 19 heteroatoms. The molecule has 1 amide bonds. The van der Waals surface area contributed by atoms with E-state index in [0.717, 1.165) is 89.9 Å². The minimum atomic E-state index is -1.99. The van der Waals surface area contributed by atoms with Crippen molar-refractivity contribution in [2.24, 2.45) is 0 Å². The molecule has 0 aromatic rings. The lowest BCUT2D eigenvalue weighted by atomic mass is 9.96. The molecule has 17 unspecified atom stereocenters. The van der Waals surface area contributed by atoms with E-state index in [1.54, 1.807) is 6.08 Å². The van der Waals surface area contributed by atoms with Crippen molar-refractivity contribution in [1.82, 2.24) is 5.32 Å². The number of carbonyl (C=O) groups excluding carboxylic acids is 1. The summed E-state index contributed by atoms with van der Waals surface area (Å²) in [7, 11) is 0. The van der Waals surface area contributed by atoms with Crippen LogP contribution in [0.5, 0.6) is 0 Å². The first-order valence-electron chi connectivity index (χ1n) is 32.6. The number of hydrogen-bond donors (Lipinski definition) is 12. The Kier molecular flexibility index (Phi) is 43.9. The van der Waals surface area contributed by atoms with E-state index in [0.29, 0.717) is 12.8 Å². The molecule has 0 bridgehead atoms. The standard InChI is InChI=1S/C68H113NO18/c1-3-5-7-9-11-13-15-17-19-21-23-24-25-26-28-30-32-34-36-38-40-42-44-46-56(74)69-51(52(73)45-43-41-39-37-35-33-31-29-27-22-20-18-16-14-12-10-8-6-4-2)50-82-66-62(80)59(77)64(54(48-71)84-66)87-68-63(81)60(78)65(55(49-72)85-68)86-67-61(79)58(76)57(75)53(47-70)83-67/h5,7,11,13,17,19,23-24,26-29,32,34-35,37,43,45,51-55,57-68,70-73,75-81H,3-4,6,8-10,12,14-16,18,20-22,25,30-31,33,36,38-42,44,46-50H2,1-2H3,(H,69,74)/b7-5-,13-11-,19-17-,24-23-,28-26-,29-27+,34-32-,37-35+,45-43+. The molecule has 17 atom stereocenters. The Morgan fingerprint density at radius 2 is 0.805 bits per heavy atom. The molecule has 0 saturated carbocycles. The molecule has 0 aromatic heterocycles. The molecular formula is C68H113NO18. The predicted octanol–water partition coefficient (Wildman–Crippen LogP) is 7.49. The van der Waals surface area contributed by atoms with Crippen molar-refractivity contribution in [2.45, 2.75) is 285 Å². The second kappa shape index (κ2) is 49.2. The van der Waals surface area contributed by atoms with Crippen molar-refractivity contribution in [3.8, 4) is 0 Å². The average molecular weight is 1230 g/mol. The van der Waals surface area contributed by atoms with Gasteiger partial charge in [-0.1, -0.05) is 187 Å². The summed E-state index contributed by atoms with van der Waals surface area (Å²) >= 11 is 0. The van der Waals surface area contributed by atoms with Gasteiger partial charge in [-0.15, -0.1) is 0 Å². The van der Waals surface area contributed by atoms with E-state index in [2.05, 4.69) is 116 Å². The van der Waals surface area contributed by atoms with Gasteiger partial charge < -0.3 is 89.9 Å². The Labute approximate surface area is 519 Å². The zero-order valence-corrected chi connectivity index (χ0v) is 52.2. The fourth-order valence-corrected chi connectivity index (χ4v) is 10.2. The zero-order valence-electron chi connectivity index (χ0n) is 52.2. The summed E-state index contributed by atoms with van der Waals surface area (Å²) < 4.78 is 34.3. The van der Waals surface area contributed by atoms with Gasteiger partial charge in [0.2, 0.25) is 5.91 Å². The first-order chi connectivity index (χ1) is 42.3. The SMILES string of the molecule is CC/C=C\C/C=C\C/C=C\C/C=C\C/C=C\C/C=C\CCCCCCC(=O)NC(COC1OC(CO)C(OC2OC(CO)C(OC3OC(CO)C(O)C(O)C3O)C(O)C2O)C(O)C1O)C(O)/C=C/CC/C=C/CC/C=C/CCCCCCCCCCC. The maximum Gasteiger partial charge on any atom is 0.220 e. The number of hydrogen-bond acceptors (Lipinski definition) is 18. The molecule has 0 radical (unpaired) electrons. The Hall–Kier alpha value is -3.55. The Bertz CT molecular complexity index is 2000. The summed E-state index contributed by atoms with van der Waals surface area (Å²) in [6.45, 7) is 1.54. The second-order valence-electron chi connectivity index (χ2n) is 22.8. The minimum Gasteiger partial charge on any atom is -0.394 e. The lowest BCUT2D eigenvalue weighted by Gasteiger charge is -2.48. The molecule has 0 aromatic carbocycles. The van der Waals surface area contributed by atoms with Crippen LogP contribution in [0.2, 0.25) is 0 Å². The van der Waals surface area contributed by atoms with Crippen molar-refractivity contribution in [1.29, 1.82) is 0 Å². The number of rotatable bonds is 47. The smallest absolute Gasteiger partial charge is 0.220 e. The van der Waals surface area contributed by atoms with Gasteiger partial charge in [-0.2, -0.15) is 0 Å². The predicted molar refractivity (Wildman–Crippen MR) is 337 cm³/mol. The van der Waals surface area contributed by atoms with E-state index in [4.69, 9.17) is 28.4 Å². The minimum absolute atomic E-state index is 0.195. The summed E-state index contributed by atoms with van der Waals surface area (Å²) in [6, 6.07) is -1.02. The van der Waals surface area contributed by atoms with Gasteiger partial charge in [-0.3, -0.25) is 4.79 Å². The third kappa shape index (κ3) is 31.8. The third-order valence-electron chi connectivity index (χ3n) is 15.5. The number of aliphatic hydroxyl groups excluding tert-OH is 11. The van der Waals surface area contributed by atoms with Crippen LogP contribution in [0, 0.1) is 0 Å². The summed E-state index contributed by atoms with van der Waals surface area (Å²) in [5, 5.41) is 120. The molecule has 3 aliphatic heterocycles. The van der Waals surface area contributed by atoms with Gasteiger partial charge >= 0.3 is 0 Å². The first-order valence-corrected chi connectivity index (χ1v) is 32.6. The van der Waals surface area contributed by atoms with Crippen LogP contribution in [-0.4, -0.2) is 193 Å². The van der Waals surface area contributed by atoms with Crippen LogP contribution in [0.15, 0.2) is 109 Å². The molecule has 0 spiro atoms. The molecule has 498 valence electrons. The van der Waals surface area contributed by atoms with E-state index in [-0.39, 0.29) is 12.3 Å². The summed E-state index contributed by atoms with van der Waals surface area (Å²) in [4.78, 5) is 13.4. The summed E-state index contributed by atoms with van der Waals surface area (Å²) in [5.74, 6) is -0.319. The quantitative estimate of drug-likeness (QED) is 0.0207. The molecular weight excluding hydrogens is 1120 g/mol. The van der Waals surface area contributed by atoms with Gasteiger partial charge in [0.05, 0.1) is 38.6 Å². The van der Waals surface area contributed by atoms with Crippen molar-refractivity contribution < 1.29 is 89.4 Å². The largest absolute Gasteiger partial charge is 0.394 e. The van der Waals surface area contributed by atoms with Crippen molar-refractivity contribution in [3.05, 3.63) is 109 Å². The maximum absolute atomic E-state index is 13.4. The van der Waals surface area contributed by atoms with Crippen LogP contribution in [0.25, 0.3) is 0 Å². The lowest BCUT2D eigenvalue weighted by Crippen LogP contribution is -2.66. The van der Waals surface area contributed by atoms with E-state index in [1.807, 2.05) is 6.08 Å². The first kappa shape index (κ1) is 77.7. The highest BCUT2D eigenvalue weighted by Gasteiger charge is 2.53. The molecule has 3 aliphatic rings. The second-order valence-corrected chi connectivity index (χ2v) is 22.8. The third-order valence-corrected chi connectivity index (χ3v) is 15.5. The normalized spacial score (nSPS) is 29.3. The highest BCUT2D eigenvalue weighted by Crippen LogP contribution is 2.33. The molecule has 3 heterocycles. The van der Waals surface area contributed by atoms with Crippen LogP contribution in [0.4, 0.5) is 0 Å². The van der Waals surface area contributed by atoms with E-state index >= 15 is 0 Å². The average Bonchev–Trinajstić information content (AvgIpc) is 2.58. The van der Waals surface area contributed by atoms with E-state index < -0.39 is 131 Å². The van der Waals surface area contributed by atoms with Gasteiger partial charge in [0.15, 0.2) is 18.9 Å². The van der Waals surface area contributed by atoms with Crippen LogP contribution in [0.3, 0.4) is 0 Å². The van der Waals surface area contributed by atoms with Crippen LogP contribution < -0.4 is 5.32 Å². The number of aliphatic hydroxyl groups is 11. The highest BCUT2D eigenvalue weighted by molar-refractivity contribution is 5.76. The zero-order chi connectivity index (χ0) is 63.3. The molecule has 3 saturated heterocycles. The topological polar surface area (TPSA) is 307 Å². The highest BCUT2D eigenvalue weighted by atomic mass is 16.8. The fraction of sp³-hybridized carbons (Fsp3) is 0.721. The number of carbonyl (C=O) groups is 1. The van der Waals surface area contributed by atoms with Crippen molar-refractivity contribution in [3.63, 3.8) is 0 Å². The van der Waals surface area contributed by atoms with Crippen molar-refractivity contribution >= 4 is 5.91 Å². The van der Waals surface area contributed by atoms with E-state index in [9.17, 15) is 61.0 Å². The summed E-state index contributed by atoms with van der Waals surface area (Å²) in [6.07, 6.45) is 37.7. The number of unbranched alkanes of at least 4 members (excludes halogenated alkanes) is 15. The van der Waals surface area contributed by atoms with Crippen LogP contribution >= 0.6 is 0 Å². The van der Waals surface area contributed by atoms with Gasteiger partial charge in [0.1, 0.15) is 73.2 Å². The Morgan fingerprint density at radius 1 is 0.425 bits per heavy atom. The molecule has 3 fully saturated rings. The van der Waals surface area contributed by atoms with Crippen LogP contribution in [-0.2, 0) is 33.2 Å². The van der Waals surface area contributed by atoms with Crippen molar-refractivity contribution in [2.75, 3.05) is 26.4 Å². The molecule has 19 nitrogen and oxygen atoms in total. The fourth-order valence-electron chi connectivity index (χ4n) is 10.2. The van der Waals surface area contributed by atoms with Gasteiger partial charge in [0.25, 0.3) is 0 Å². The monoisotopic (exact) mass is 1230 g/mol.